The third-order valence-corrected chi connectivity index (χ3v) is 5.08. The lowest BCUT2D eigenvalue weighted by Gasteiger charge is -2.07. The predicted octanol–water partition coefficient (Wildman–Crippen LogP) is 3.85. The predicted molar refractivity (Wildman–Crippen MR) is 107 cm³/mol. The monoisotopic (exact) mass is 375 g/mol. The van der Waals surface area contributed by atoms with E-state index in [2.05, 4.69) is 20.4 Å². The number of rotatable bonds is 5. The van der Waals surface area contributed by atoms with Crippen LogP contribution in [0.5, 0.6) is 0 Å². The van der Waals surface area contributed by atoms with Crippen molar-refractivity contribution in [3.63, 3.8) is 0 Å². The van der Waals surface area contributed by atoms with Crippen LogP contribution in [0.25, 0.3) is 16.7 Å². The van der Waals surface area contributed by atoms with Gasteiger partial charge in [0.15, 0.2) is 5.65 Å². The van der Waals surface area contributed by atoms with Crippen molar-refractivity contribution in [2.45, 2.75) is 11.9 Å². The van der Waals surface area contributed by atoms with E-state index in [0.29, 0.717) is 0 Å². The SMILES string of the molecule is Cc1ccccc1-n1ncc2c(SCC(=O)Nc3ccccc3)ncnc21. The fraction of sp³-hybridized carbons (Fsp3) is 0.100. The van der Waals surface area contributed by atoms with E-state index < -0.39 is 0 Å². The van der Waals surface area contributed by atoms with Gasteiger partial charge in [0.25, 0.3) is 0 Å². The summed E-state index contributed by atoms with van der Waals surface area (Å²) in [6.45, 7) is 2.04. The van der Waals surface area contributed by atoms with Crippen LogP contribution in [-0.4, -0.2) is 31.4 Å². The molecule has 2 aromatic carbocycles. The molecular weight excluding hydrogens is 358 g/mol. The van der Waals surface area contributed by atoms with Gasteiger partial charge in [0.1, 0.15) is 11.4 Å². The molecule has 1 N–H and O–H groups in total. The molecule has 0 saturated heterocycles. The second kappa shape index (κ2) is 7.59. The molecule has 1 amide bonds. The van der Waals surface area contributed by atoms with Gasteiger partial charge < -0.3 is 5.32 Å². The second-order valence-corrected chi connectivity index (χ2v) is 6.93. The molecule has 0 saturated carbocycles. The summed E-state index contributed by atoms with van der Waals surface area (Å²) < 4.78 is 1.81. The summed E-state index contributed by atoms with van der Waals surface area (Å²) in [4.78, 5) is 20.9. The maximum atomic E-state index is 12.2. The number of nitrogens with one attached hydrogen (secondary N) is 1. The van der Waals surface area contributed by atoms with Crippen molar-refractivity contribution in [3.05, 3.63) is 72.7 Å². The first-order valence-corrected chi connectivity index (χ1v) is 9.43. The van der Waals surface area contributed by atoms with Crippen LogP contribution in [0.3, 0.4) is 0 Å². The molecule has 0 fully saturated rings. The van der Waals surface area contributed by atoms with Crippen LogP contribution in [-0.2, 0) is 4.79 Å². The Kier molecular flexibility index (Phi) is 4.84. The molecular formula is C20H17N5OS. The van der Waals surface area contributed by atoms with E-state index in [1.165, 1.54) is 18.1 Å². The van der Waals surface area contributed by atoms with E-state index in [-0.39, 0.29) is 11.7 Å². The number of amides is 1. The van der Waals surface area contributed by atoms with Crippen molar-refractivity contribution in [2.75, 3.05) is 11.1 Å². The van der Waals surface area contributed by atoms with Crippen molar-refractivity contribution < 1.29 is 4.79 Å². The summed E-state index contributed by atoms with van der Waals surface area (Å²) >= 11 is 1.37. The van der Waals surface area contributed by atoms with Crippen molar-refractivity contribution in [1.29, 1.82) is 0 Å². The second-order valence-electron chi connectivity index (χ2n) is 5.96. The number of carbonyl (C=O) groups is 1. The molecule has 0 aliphatic rings. The summed E-state index contributed by atoms with van der Waals surface area (Å²) in [5.74, 6) is 0.181. The largest absolute Gasteiger partial charge is 0.325 e. The lowest BCUT2D eigenvalue weighted by Crippen LogP contribution is -2.14. The Bertz CT molecular complexity index is 1090. The van der Waals surface area contributed by atoms with E-state index in [1.807, 2.05) is 61.5 Å². The minimum atomic E-state index is -0.0794. The van der Waals surface area contributed by atoms with Crippen LogP contribution in [0, 0.1) is 6.92 Å². The van der Waals surface area contributed by atoms with Gasteiger partial charge in [0.05, 0.1) is 23.0 Å². The third-order valence-electron chi connectivity index (χ3n) is 4.07. The number of aryl methyl sites for hydroxylation is 1. The number of thioether (sulfide) groups is 1. The number of fused-ring (bicyclic) bond motifs is 1. The molecule has 0 spiro atoms. The highest BCUT2D eigenvalue weighted by Crippen LogP contribution is 2.26. The maximum absolute atomic E-state index is 12.2. The molecule has 0 radical (unpaired) electrons. The van der Waals surface area contributed by atoms with Crippen LogP contribution in [0.4, 0.5) is 5.69 Å². The average Bonchev–Trinajstić information content (AvgIpc) is 3.12. The summed E-state index contributed by atoms with van der Waals surface area (Å²) in [6, 6.07) is 17.4. The van der Waals surface area contributed by atoms with Crippen LogP contribution >= 0.6 is 11.8 Å². The molecule has 27 heavy (non-hydrogen) atoms. The maximum Gasteiger partial charge on any atom is 0.234 e. The summed E-state index contributed by atoms with van der Waals surface area (Å²) in [7, 11) is 0. The minimum Gasteiger partial charge on any atom is -0.325 e. The number of anilines is 1. The molecule has 0 unspecified atom stereocenters. The Hall–Kier alpha value is -3.19. The third kappa shape index (κ3) is 3.68. The fourth-order valence-electron chi connectivity index (χ4n) is 2.77. The summed E-state index contributed by atoms with van der Waals surface area (Å²) in [5.41, 5.74) is 3.59. The fourth-order valence-corrected chi connectivity index (χ4v) is 3.53. The zero-order chi connectivity index (χ0) is 18.6. The van der Waals surface area contributed by atoms with Crippen molar-refractivity contribution in [2.24, 2.45) is 0 Å². The highest BCUT2D eigenvalue weighted by Gasteiger charge is 2.14. The zero-order valence-corrected chi connectivity index (χ0v) is 15.5. The number of carbonyl (C=O) groups excluding carboxylic acids is 1. The normalized spacial score (nSPS) is 10.9. The number of hydrogen-bond acceptors (Lipinski definition) is 5. The number of nitrogens with zero attached hydrogens (tertiary/aromatic N) is 4. The Morgan fingerprint density at radius 3 is 2.67 bits per heavy atom. The molecule has 0 aliphatic carbocycles. The molecule has 7 heteroatoms. The minimum absolute atomic E-state index is 0.0794. The first-order chi connectivity index (χ1) is 13.2. The van der Waals surface area contributed by atoms with Gasteiger partial charge in [-0.3, -0.25) is 4.79 Å². The van der Waals surface area contributed by atoms with Crippen LogP contribution in [0.15, 0.2) is 72.1 Å². The van der Waals surface area contributed by atoms with Gasteiger partial charge in [0, 0.05) is 5.69 Å². The molecule has 4 rings (SSSR count). The molecule has 2 aromatic heterocycles. The molecule has 0 bridgehead atoms. The van der Waals surface area contributed by atoms with Gasteiger partial charge in [-0.15, -0.1) is 0 Å². The molecule has 4 aromatic rings. The molecule has 134 valence electrons. The molecule has 0 atom stereocenters. The number of hydrogen-bond donors (Lipinski definition) is 1. The quantitative estimate of drug-likeness (QED) is 0.424. The lowest BCUT2D eigenvalue weighted by molar-refractivity contribution is -0.113. The topological polar surface area (TPSA) is 72.7 Å². The van der Waals surface area contributed by atoms with Gasteiger partial charge in [-0.25, -0.2) is 14.6 Å². The number of aromatic nitrogens is 4. The Morgan fingerprint density at radius 1 is 1.07 bits per heavy atom. The van der Waals surface area contributed by atoms with Gasteiger partial charge in [0.2, 0.25) is 5.91 Å². The van der Waals surface area contributed by atoms with E-state index in [0.717, 1.165) is 33.0 Å². The van der Waals surface area contributed by atoms with Gasteiger partial charge in [-0.2, -0.15) is 5.10 Å². The molecule has 0 aliphatic heterocycles. The first-order valence-electron chi connectivity index (χ1n) is 8.45. The Morgan fingerprint density at radius 2 is 1.85 bits per heavy atom. The van der Waals surface area contributed by atoms with Crippen molar-refractivity contribution in [3.8, 4) is 5.69 Å². The van der Waals surface area contributed by atoms with Crippen molar-refractivity contribution in [1.82, 2.24) is 19.7 Å². The van der Waals surface area contributed by atoms with Gasteiger partial charge in [-0.05, 0) is 30.7 Å². The molecule has 2 heterocycles. The first kappa shape index (κ1) is 17.2. The zero-order valence-electron chi connectivity index (χ0n) is 14.7. The average molecular weight is 375 g/mol. The summed E-state index contributed by atoms with van der Waals surface area (Å²) in [6.07, 6.45) is 3.26. The van der Waals surface area contributed by atoms with Crippen LogP contribution < -0.4 is 5.32 Å². The number of para-hydroxylation sites is 2. The van der Waals surface area contributed by atoms with Crippen LogP contribution in [0.1, 0.15) is 5.56 Å². The standard InChI is InChI=1S/C20H17N5OS/c1-14-7-5-6-10-17(14)25-19-16(11-23-25)20(22-13-21-19)27-12-18(26)24-15-8-3-2-4-9-15/h2-11,13H,12H2,1H3,(H,24,26). The van der Waals surface area contributed by atoms with Gasteiger partial charge in [-0.1, -0.05) is 48.2 Å². The summed E-state index contributed by atoms with van der Waals surface area (Å²) in [5, 5.41) is 8.93. The Balaban J connectivity index is 1.55. The smallest absolute Gasteiger partial charge is 0.234 e. The lowest BCUT2D eigenvalue weighted by atomic mass is 10.2. The van der Waals surface area contributed by atoms with Crippen LogP contribution in [0.2, 0.25) is 0 Å². The highest BCUT2D eigenvalue weighted by atomic mass is 32.2. The Labute approximate surface area is 160 Å². The number of benzene rings is 2. The highest BCUT2D eigenvalue weighted by molar-refractivity contribution is 8.00. The van der Waals surface area contributed by atoms with E-state index >= 15 is 0 Å². The van der Waals surface area contributed by atoms with Crippen molar-refractivity contribution >= 4 is 34.4 Å². The van der Waals surface area contributed by atoms with E-state index in [1.54, 1.807) is 10.9 Å². The van der Waals surface area contributed by atoms with E-state index in [4.69, 9.17) is 0 Å². The molecule has 6 nitrogen and oxygen atoms in total. The van der Waals surface area contributed by atoms with Gasteiger partial charge >= 0.3 is 0 Å². The van der Waals surface area contributed by atoms with E-state index in [9.17, 15) is 4.79 Å².